The summed E-state index contributed by atoms with van der Waals surface area (Å²) in [6.07, 6.45) is -4.97. The predicted molar refractivity (Wildman–Crippen MR) is 39.5 cm³/mol. The molecular weight excluding hydrogens is 178 g/mol. The molecule has 0 aromatic heterocycles. The van der Waals surface area contributed by atoms with E-state index in [0.717, 1.165) is 4.90 Å². The summed E-state index contributed by atoms with van der Waals surface area (Å²) in [4.78, 5) is 12.3. The standard InChI is InChI=1S/C7H11NO5/c9-2-1-8-3(4(2)10)5(11)6(12)7(8)13/h2-6,9-12H,1H2/t2-,3-,4-,5+,6-/m0/s1. The van der Waals surface area contributed by atoms with Gasteiger partial charge in [-0.15, -0.1) is 0 Å². The van der Waals surface area contributed by atoms with Crippen molar-refractivity contribution in [3.63, 3.8) is 0 Å². The average Bonchev–Trinajstić information content (AvgIpc) is 2.48. The van der Waals surface area contributed by atoms with Crippen LogP contribution in [0.5, 0.6) is 0 Å². The minimum Gasteiger partial charge on any atom is -0.388 e. The number of carbonyl (C=O) groups excluding carboxylic acids is 1. The molecule has 6 nitrogen and oxygen atoms in total. The lowest BCUT2D eigenvalue weighted by atomic mass is 10.0. The van der Waals surface area contributed by atoms with E-state index in [1.165, 1.54) is 0 Å². The number of aliphatic hydroxyl groups excluding tert-OH is 4. The summed E-state index contributed by atoms with van der Waals surface area (Å²) in [6.45, 7) is -0.0290. The van der Waals surface area contributed by atoms with E-state index < -0.39 is 36.4 Å². The smallest absolute Gasteiger partial charge is 0.254 e. The average molecular weight is 189 g/mol. The molecule has 74 valence electrons. The Morgan fingerprint density at radius 2 is 1.77 bits per heavy atom. The first-order valence-corrected chi connectivity index (χ1v) is 4.07. The van der Waals surface area contributed by atoms with E-state index in [1.807, 2.05) is 0 Å². The van der Waals surface area contributed by atoms with Gasteiger partial charge in [-0.2, -0.15) is 0 Å². The number of rotatable bonds is 0. The quantitative estimate of drug-likeness (QED) is 0.319. The monoisotopic (exact) mass is 189 g/mol. The van der Waals surface area contributed by atoms with E-state index in [2.05, 4.69) is 0 Å². The van der Waals surface area contributed by atoms with E-state index in [4.69, 9.17) is 5.11 Å². The fraction of sp³-hybridized carbons (Fsp3) is 0.857. The number of fused-ring (bicyclic) bond motifs is 1. The predicted octanol–water partition coefficient (Wildman–Crippen LogP) is -3.35. The molecule has 2 aliphatic rings. The van der Waals surface area contributed by atoms with Crippen LogP contribution in [0.4, 0.5) is 0 Å². The summed E-state index contributed by atoms with van der Waals surface area (Å²) in [5, 5.41) is 37.0. The molecule has 6 heteroatoms. The maximum Gasteiger partial charge on any atom is 0.254 e. The minimum absolute atomic E-state index is 0.0290. The van der Waals surface area contributed by atoms with Gasteiger partial charge >= 0.3 is 0 Å². The van der Waals surface area contributed by atoms with E-state index in [0.29, 0.717) is 0 Å². The summed E-state index contributed by atoms with van der Waals surface area (Å²) >= 11 is 0. The van der Waals surface area contributed by atoms with Crippen molar-refractivity contribution in [3.05, 3.63) is 0 Å². The first-order valence-electron chi connectivity index (χ1n) is 4.07. The summed E-state index contributed by atoms with van der Waals surface area (Å²) in [5.74, 6) is -0.631. The zero-order chi connectivity index (χ0) is 9.75. The van der Waals surface area contributed by atoms with Crippen molar-refractivity contribution in [2.75, 3.05) is 6.54 Å². The van der Waals surface area contributed by atoms with Crippen molar-refractivity contribution in [2.45, 2.75) is 30.5 Å². The summed E-state index contributed by atoms with van der Waals surface area (Å²) in [6, 6.07) is -0.863. The molecule has 0 spiro atoms. The van der Waals surface area contributed by atoms with Crippen LogP contribution in [0, 0.1) is 0 Å². The van der Waals surface area contributed by atoms with Crippen LogP contribution in [0.15, 0.2) is 0 Å². The zero-order valence-electron chi connectivity index (χ0n) is 6.74. The number of hydrogen-bond acceptors (Lipinski definition) is 5. The molecule has 13 heavy (non-hydrogen) atoms. The maximum atomic E-state index is 11.2. The van der Waals surface area contributed by atoms with Crippen LogP contribution in [0.2, 0.25) is 0 Å². The van der Waals surface area contributed by atoms with E-state index in [-0.39, 0.29) is 6.54 Å². The Morgan fingerprint density at radius 1 is 1.15 bits per heavy atom. The van der Waals surface area contributed by atoms with Crippen molar-refractivity contribution < 1.29 is 25.2 Å². The van der Waals surface area contributed by atoms with Gasteiger partial charge in [-0.1, -0.05) is 0 Å². The minimum atomic E-state index is -1.47. The molecule has 0 aromatic carbocycles. The van der Waals surface area contributed by atoms with Crippen molar-refractivity contribution in [2.24, 2.45) is 0 Å². The van der Waals surface area contributed by atoms with E-state index >= 15 is 0 Å². The summed E-state index contributed by atoms with van der Waals surface area (Å²) in [5.41, 5.74) is 0. The van der Waals surface area contributed by atoms with Crippen LogP contribution >= 0.6 is 0 Å². The fourth-order valence-electron chi connectivity index (χ4n) is 1.97. The fourth-order valence-corrected chi connectivity index (χ4v) is 1.97. The first kappa shape index (κ1) is 8.89. The van der Waals surface area contributed by atoms with Gasteiger partial charge in [0, 0.05) is 6.54 Å². The third-order valence-corrected chi connectivity index (χ3v) is 2.70. The van der Waals surface area contributed by atoms with Crippen molar-refractivity contribution >= 4 is 5.91 Å². The van der Waals surface area contributed by atoms with Gasteiger partial charge in [0.05, 0.1) is 12.1 Å². The topological polar surface area (TPSA) is 101 Å². The molecule has 0 radical (unpaired) electrons. The highest BCUT2D eigenvalue weighted by atomic mass is 16.4. The lowest BCUT2D eigenvalue weighted by Crippen LogP contribution is -2.41. The molecule has 0 bridgehead atoms. The normalized spacial score (nSPS) is 50.0. The van der Waals surface area contributed by atoms with Crippen LogP contribution in [0.3, 0.4) is 0 Å². The molecule has 0 saturated carbocycles. The van der Waals surface area contributed by atoms with Crippen LogP contribution in [-0.2, 0) is 4.79 Å². The molecule has 0 unspecified atom stereocenters. The molecule has 0 aliphatic carbocycles. The molecule has 2 heterocycles. The highest BCUT2D eigenvalue weighted by Crippen LogP contribution is 2.29. The Hall–Kier alpha value is -0.690. The van der Waals surface area contributed by atoms with Gasteiger partial charge < -0.3 is 25.3 Å². The second-order valence-electron chi connectivity index (χ2n) is 3.47. The molecule has 5 atom stereocenters. The number of amides is 1. The third-order valence-electron chi connectivity index (χ3n) is 2.70. The SMILES string of the molecule is O=C1[C@@H](O)[C@H](O)[C@@H]2[C@@H](O)[C@@H](O)CN12. The number of carbonyl (C=O) groups is 1. The molecule has 2 fully saturated rings. The molecular formula is C7H11NO5. The Kier molecular flexibility index (Phi) is 1.81. The number of hydrogen-bond donors (Lipinski definition) is 4. The van der Waals surface area contributed by atoms with Crippen LogP contribution < -0.4 is 0 Å². The van der Waals surface area contributed by atoms with Gasteiger partial charge in [0.2, 0.25) is 0 Å². The second kappa shape index (κ2) is 2.65. The molecule has 2 saturated heterocycles. The Morgan fingerprint density at radius 3 is 2.31 bits per heavy atom. The Balaban J connectivity index is 2.27. The first-order chi connectivity index (χ1) is 6.04. The van der Waals surface area contributed by atoms with Gasteiger partial charge in [-0.05, 0) is 0 Å². The van der Waals surface area contributed by atoms with E-state index in [9.17, 15) is 20.1 Å². The van der Waals surface area contributed by atoms with Crippen LogP contribution in [0.1, 0.15) is 0 Å². The van der Waals surface area contributed by atoms with E-state index in [1.54, 1.807) is 0 Å². The van der Waals surface area contributed by atoms with Gasteiger partial charge in [0.15, 0.2) is 6.10 Å². The third kappa shape index (κ3) is 1.000. The summed E-state index contributed by atoms with van der Waals surface area (Å²) < 4.78 is 0. The van der Waals surface area contributed by atoms with Crippen molar-refractivity contribution in [3.8, 4) is 0 Å². The zero-order valence-corrected chi connectivity index (χ0v) is 6.74. The Labute approximate surface area is 74.0 Å². The molecule has 1 amide bonds. The largest absolute Gasteiger partial charge is 0.388 e. The summed E-state index contributed by atoms with van der Waals surface area (Å²) in [7, 11) is 0. The molecule has 2 aliphatic heterocycles. The second-order valence-corrected chi connectivity index (χ2v) is 3.47. The van der Waals surface area contributed by atoms with Crippen LogP contribution in [-0.4, -0.2) is 68.2 Å². The number of nitrogens with zero attached hydrogens (tertiary/aromatic N) is 1. The highest BCUT2D eigenvalue weighted by molar-refractivity contribution is 5.85. The molecule has 0 aromatic rings. The number of aliphatic hydroxyl groups is 4. The van der Waals surface area contributed by atoms with Crippen LogP contribution in [0.25, 0.3) is 0 Å². The lowest BCUT2D eigenvalue weighted by Gasteiger charge is -2.18. The Bertz CT molecular complexity index is 245. The lowest BCUT2D eigenvalue weighted by molar-refractivity contribution is -0.136. The van der Waals surface area contributed by atoms with Crippen molar-refractivity contribution in [1.29, 1.82) is 0 Å². The van der Waals surface area contributed by atoms with Gasteiger partial charge in [0.25, 0.3) is 5.91 Å². The maximum absolute atomic E-state index is 11.2. The highest BCUT2D eigenvalue weighted by Gasteiger charge is 2.55. The van der Waals surface area contributed by atoms with Gasteiger partial charge in [-0.25, -0.2) is 0 Å². The van der Waals surface area contributed by atoms with Crippen molar-refractivity contribution in [1.82, 2.24) is 4.90 Å². The van der Waals surface area contributed by atoms with Gasteiger partial charge in [0.1, 0.15) is 12.2 Å². The van der Waals surface area contributed by atoms with Gasteiger partial charge in [-0.3, -0.25) is 4.79 Å². The molecule has 2 rings (SSSR count). The molecule has 4 N–H and O–H groups in total.